The Morgan fingerprint density at radius 1 is 1.00 bits per heavy atom. The van der Waals surface area contributed by atoms with E-state index in [1.807, 2.05) is 0 Å². The zero-order valence-electron chi connectivity index (χ0n) is 17.3. The summed E-state index contributed by atoms with van der Waals surface area (Å²) in [6, 6.07) is 20.8. The number of amides is 2. The molecule has 1 heterocycles. The van der Waals surface area contributed by atoms with Crippen molar-refractivity contribution in [3.63, 3.8) is 0 Å². The second-order valence-electron chi connectivity index (χ2n) is 7.70. The van der Waals surface area contributed by atoms with Crippen molar-refractivity contribution in [1.29, 1.82) is 0 Å². The van der Waals surface area contributed by atoms with E-state index in [4.69, 9.17) is 0 Å². The first-order valence-electron chi connectivity index (χ1n) is 9.99. The fourth-order valence-electron chi connectivity index (χ4n) is 3.77. The second kappa shape index (κ2) is 8.88. The highest BCUT2D eigenvalue weighted by molar-refractivity contribution is 9.10. The van der Waals surface area contributed by atoms with Crippen LogP contribution in [-0.2, 0) is 14.6 Å². The van der Waals surface area contributed by atoms with Crippen LogP contribution in [0.15, 0.2) is 82.2 Å². The third-order valence-electron chi connectivity index (χ3n) is 5.34. The fraction of sp³-hybridized carbons (Fsp3) is 0.167. The van der Waals surface area contributed by atoms with Gasteiger partial charge in [-0.1, -0.05) is 46.3 Å². The van der Waals surface area contributed by atoms with E-state index in [1.54, 1.807) is 77.7 Å². The van der Waals surface area contributed by atoms with E-state index in [0.717, 1.165) is 10.0 Å². The molecule has 1 saturated heterocycles. The Labute approximate surface area is 195 Å². The van der Waals surface area contributed by atoms with E-state index < -0.39 is 9.84 Å². The maximum atomic E-state index is 12.6. The van der Waals surface area contributed by atoms with E-state index in [9.17, 15) is 18.0 Å². The smallest absolute Gasteiger partial charge is 0.251 e. The van der Waals surface area contributed by atoms with Gasteiger partial charge in [-0.05, 0) is 48.0 Å². The number of rotatable bonds is 5. The number of hydrogen-bond donors (Lipinski definition) is 1. The normalized spacial score (nSPS) is 16.2. The summed E-state index contributed by atoms with van der Waals surface area (Å²) < 4.78 is 25.1. The Bertz CT molecular complexity index is 1270. The van der Waals surface area contributed by atoms with Gasteiger partial charge in [0.25, 0.3) is 5.91 Å². The third-order valence-corrected chi connectivity index (χ3v) is 7.03. The van der Waals surface area contributed by atoms with Gasteiger partial charge in [-0.15, -0.1) is 0 Å². The van der Waals surface area contributed by atoms with Crippen LogP contribution in [0.1, 0.15) is 16.8 Å². The number of nitrogens with zero attached hydrogens (tertiary/aromatic N) is 1. The Morgan fingerprint density at radius 3 is 2.31 bits per heavy atom. The van der Waals surface area contributed by atoms with Crippen LogP contribution in [0.4, 0.5) is 5.69 Å². The number of carbonyl (C=O) groups excluding carboxylic acids is 2. The highest BCUT2D eigenvalue weighted by Crippen LogP contribution is 2.30. The van der Waals surface area contributed by atoms with Gasteiger partial charge in [-0.2, -0.15) is 0 Å². The van der Waals surface area contributed by atoms with Gasteiger partial charge in [0.15, 0.2) is 9.84 Å². The number of sulfone groups is 1. The summed E-state index contributed by atoms with van der Waals surface area (Å²) in [4.78, 5) is 27.0. The lowest BCUT2D eigenvalue weighted by Gasteiger charge is -2.18. The molecule has 164 valence electrons. The van der Waals surface area contributed by atoms with Gasteiger partial charge in [0, 0.05) is 40.5 Å². The van der Waals surface area contributed by atoms with Crippen LogP contribution in [0.2, 0.25) is 0 Å². The van der Waals surface area contributed by atoms with E-state index in [1.165, 1.54) is 6.26 Å². The van der Waals surface area contributed by atoms with E-state index in [-0.39, 0.29) is 29.2 Å². The summed E-state index contributed by atoms with van der Waals surface area (Å²) in [6.45, 7) is 0.375. The Morgan fingerprint density at radius 2 is 1.66 bits per heavy atom. The Balaban J connectivity index is 1.49. The van der Waals surface area contributed by atoms with Crippen molar-refractivity contribution in [3.05, 3.63) is 82.8 Å². The molecular weight excluding hydrogens is 492 g/mol. The zero-order valence-corrected chi connectivity index (χ0v) is 19.7. The van der Waals surface area contributed by atoms with Crippen LogP contribution in [-0.4, -0.2) is 39.1 Å². The topological polar surface area (TPSA) is 83.6 Å². The minimum absolute atomic E-state index is 0.0737. The highest BCUT2D eigenvalue weighted by atomic mass is 79.9. The molecule has 1 aliphatic rings. The lowest BCUT2D eigenvalue weighted by Crippen LogP contribution is -2.37. The lowest BCUT2D eigenvalue weighted by molar-refractivity contribution is -0.117. The molecule has 1 fully saturated rings. The summed E-state index contributed by atoms with van der Waals surface area (Å²) >= 11 is 3.34. The molecule has 0 aliphatic carbocycles. The molecule has 1 unspecified atom stereocenters. The van der Waals surface area contributed by atoms with Gasteiger partial charge in [0.1, 0.15) is 0 Å². The molecule has 3 aromatic carbocycles. The number of anilines is 1. The number of carbonyl (C=O) groups is 2. The molecular formula is C24H21BrN2O4S. The van der Waals surface area contributed by atoms with E-state index in [0.29, 0.717) is 23.4 Å². The van der Waals surface area contributed by atoms with Crippen LogP contribution in [0.3, 0.4) is 0 Å². The molecule has 32 heavy (non-hydrogen) atoms. The summed E-state index contributed by atoms with van der Waals surface area (Å²) in [6.07, 6.45) is 1.41. The lowest BCUT2D eigenvalue weighted by atomic mass is 10.1. The van der Waals surface area contributed by atoms with Crippen molar-refractivity contribution < 1.29 is 18.0 Å². The van der Waals surface area contributed by atoms with Crippen molar-refractivity contribution in [3.8, 4) is 11.1 Å². The third kappa shape index (κ3) is 4.76. The maximum Gasteiger partial charge on any atom is 0.251 e. The molecule has 3 aromatic rings. The first-order chi connectivity index (χ1) is 15.2. The van der Waals surface area contributed by atoms with Crippen molar-refractivity contribution in [2.45, 2.75) is 17.4 Å². The molecule has 0 aromatic heterocycles. The summed E-state index contributed by atoms with van der Waals surface area (Å²) in [7, 11) is -3.37. The molecule has 4 rings (SSSR count). The van der Waals surface area contributed by atoms with Crippen LogP contribution in [0.5, 0.6) is 0 Å². The minimum Gasteiger partial charge on any atom is -0.347 e. The molecule has 1 aliphatic heterocycles. The average molecular weight is 513 g/mol. The van der Waals surface area contributed by atoms with Crippen LogP contribution in [0, 0.1) is 0 Å². The standard InChI is InChI=1S/C24H21BrN2O4S/c1-32(30,31)22-5-3-2-4-21(22)16-8-12-20(13-9-16)27-15-19(14-23(27)28)26-24(29)17-6-10-18(25)11-7-17/h2-13,19H,14-15H2,1H3,(H,26,29). The molecule has 8 heteroatoms. The average Bonchev–Trinajstić information content (AvgIpc) is 3.13. The summed E-state index contributed by atoms with van der Waals surface area (Å²) in [5.41, 5.74) is 2.61. The van der Waals surface area contributed by atoms with Gasteiger partial charge in [-0.3, -0.25) is 9.59 Å². The van der Waals surface area contributed by atoms with Gasteiger partial charge >= 0.3 is 0 Å². The van der Waals surface area contributed by atoms with Gasteiger partial charge in [0.05, 0.1) is 10.9 Å². The molecule has 1 N–H and O–H groups in total. The molecule has 1 atom stereocenters. The molecule has 0 bridgehead atoms. The maximum absolute atomic E-state index is 12.6. The van der Waals surface area contributed by atoms with E-state index >= 15 is 0 Å². The molecule has 0 radical (unpaired) electrons. The predicted molar refractivity (Wildman–Crippen MR) is 127 cm³/mol. The number of benzene rings is 3. The largest absolute Gasteiger partial charge is 0.347 e. The van der Waals surface area contributed by atoms with Crippen molar-refractivity contribution in [2.75, 3.05) is 17.7 Å². The molecule has 0 spiro atoms. The second-order valence-corrected chi connectivity index (χ2v) is 10.6. The van der Waals surface area contributed by atoms with E-state index in [2.05, 4.69) is 21.2 Å². The highest BCUT2D eigenvalue weighted by Gasteiger charge is 2.31. The molecule has 2 amide bonds. The van der Waals surface area contributed by atoms with Gasteiger partial charge in [-0.25, -0.2) is 8.42 Å². The van der Waals surface area contributed by atoms with Crippen molar-refractivity contribution in [2.24, 2.45) is 0 Å². The minimum atomic E-state index is -3.37. The summed E-state index contributed by atoms with van der Waals surface area (Å²) in [5, 5.41) is 2.92. The number of halogens is 1. The van der Waals surface area contributed by atoms with Crippen molar-refractivity contribution >= 4 is 43.3 Å². The monoisotopic (exact) mass is 512 g/mol. The number of nitrogens with one attached hydrogen (secondary N) is 1. The van der Waals surface area contributed by atoms with Crippen LogP contribution >= 0.6 is 15.9 Å². The van der Waals surface area contributed by atoms with Gasteiger partial charge < -0.3 is 10.2 Å². The van der Waals surface area contributed by atoms with Gasteiger partial charge in [0.2, 0.25) is 5.91 Å². The predicted octanol–water partition coefficient (Wildman–Crippen LogP) is 4.05. The zero-order chi connectivity index (χ0) is 22.9. The van der Waals surface area contributed by atoms with Crippen LogP contribution in [0.25, 0.3) is 11.1 Å². The van der Waals surface area contributed by atoms with Crippen molar-refractivity contribution in [1.82, 2.24) is 5.32 Å². The Kier molecular flexibility index (Phi) is 6.17. The quantitative estimate of drug-likeness (QED) is 0.558. The molecule has 6 nitrogen and oxygen atoms in total. The first kappa shape index (κ1) is 22.2. The van der Waals surface area contributed by atoms with Crippen LogP contribution < -0.4 is 10.2 Å². The molecule has 0 saturated carbocycles. The summed E-state index contributed by atoms with van der Waals surface area (Å²) in [5.74, 6) is -0.291. The fourth-order valence-corrected chi connectivity index (χ4v) is 4.95. The Hall–Kier alpha value is -2.97. The SMILES string of the molecule is CS(=O)(=O)c1ccccc1-c1ccc(N2CC(NC(=O)c3ccc(Br)cc3)CC2=O)cc1. The first-order valence-corrected chi connectivity index (χ1v) is 12.7. The number of hydrogen-bond acceptors (Lipinski definition) is 4.